The summed E-state index contributed by atoms with van der Waals surface area (Å²) in [7, 11) is 0. The molecule has 1 amide bonds. The Bertz CT molecular complexity index is 1280. The summed E-state index contributed by atoms with van der Waals surface area (Å²) in [5.74, 6) is 5.56. The molecule has 0 radical (unpaired) electrons. The molecule has 2 aliphatic rings. The molecule has 0 N–H and O–H groups in total. The zero-order valence-corrected chi connectivity index (χ0v) is 24.1. The van der Waals surface area contributed by atoms with E-state index in [-0.39, 0.29) is 38.5 Å². The number of aryl methyl sites for hydroxylation is 2. The summed E-state index contributed by atoms with van der Waals surface area (Å²) >= 11 is 0. The number of nitrogens with zero attached hydrogens (tertiary/aromatic N) is 2. The minimum atomic E-state index is -0.507. The molecule has 0 spiro atoms. The zero-order valence-electron chi connectivity index (χ0n) is 24.1. The zero-order chi connectivity index (χ0) is 28.2. The van der Waals surface area contributed by atoms with Gasteiger partial charge in [-0.3, -0.25) is 9.59 Å². The van der Waals surface area contributed by atoms with Crippen molar-refractivity contribution in [2.75, 3.05) is 19.6 Å². The van der Waals surface area contributed by atoms with Crippen molar-refractivity contribution in [2.24, 2.45) is 5.92 Å². The molecule has 3 rings (SSSR count). The van der Waals surface area contributed by atoms with Gasteiger partial charge in [0.25, 0.3) is 0 Å². The summed E-state index contributed by atoms with van der Waals surface area (Å²) in [5, 5.41) is 0. The lowest BCUT2D eigenvalue weighted by atomic mass is 9.99. The van der Waals surface area contributed by atoms with Crippen molar-refractivity contribution in [3.8, 4) is 11.8 Å². The van der Waals surface area contributed by atoms with Gasteiger partial charge in [0.2, 0.25) is 11.2 Å². The van der Waals surface area contributed by atoms with Crippen LogP contribution >= 0.6 is 0 Å². The van der Waals surface area contributed by atoms with Gasteiger partial charge in [-0.25, -0.2) is 4.79 Å². The van der Waals surface area contributed by atoms with Gasteiger partial charge < -0.3 is 14.5 Å². The quantitative estimate of drug-likeness (QED) is 0.382. The molecular weight excluding hydrogens is 476 g/mol. The second-order valence-electron chi connectivity index (χ2n) is 11.2. The van der Waals surface area contributed by atoms with E-state index in [9.17, 15) is 14.4 Å². The summed E-state index contributed by atoms with van der Waals surface area (Å²) in [4.78, 5) is 42.1. The van der Waals surface area contributed by atoms with Crippen LogP contribution in [-0.4, -0.2) is 53.0 Å². The Morgan fingerprint density at radius 1 is 1.18 bits per heavy atom. The summed E-state index contributed by atoms with van der Waals surface area (Å²) in [6.07, 6.45) is 3.63. The fourth-order valence-corrected chi connectivity index (χ4v) is 5.33. The number of hydrogen-bond acceptors (Lipinski definition) is 5. The van der Waals surface area contributed by atoms with Crippen molar-refractivity contribution in [1.29, 1.82) is 0 Å². The van der Waals surface area contributed by atoms with E-state index in [1.54, 1.807) is 4.90 Å². The summed E-state index contributed by atoms with van der Waals surface area (Å²) in [6, 6.07) is 7.64. The number of carbonyl (C=O) groups is 2. The van der Waals surface area contributed by atoms with E-state index in [4.69, 9.17) is 4.74 Å². The lowest BCUT2D eigenvalue weighted by Crippen LogP contribution is -2.48. The second-order valence-corrected chi connectivity index (χ2v) is 11.2. The maximum atomic E-state index is 13.1. The van der Waals surface area contributed by atoms with Crippen molar-refractivity contribution in [3.05, 3.63) is 68.0 Å². The standard InChI is InChI=1S/C32H40N2O4.2H2/c1-9-34(25-15-17-33(18-16-25)31(37)38-32(6,7)8)30-23(4)20-27(24(30)5)28(35)12-10-11-26-22(3)19-21(2)13-14-29(26)36;;/h19-20,23,25H,9,11,15-18H2,1-8H3;2*1H. The normalized spacial score (nSPS) is 17.8. The molecule has 206 valence electrons. The highest BCUT2D eigenvalue weighted by Crippen LogP contribution is 2.36. The minimum Gasteiger partial charge on any atom is -0.444 e. The van der Waals surface area contributed by atoms with Crippen molar-refractivity contribution in [1.82, 2.24) is 9.80 Å². The molecule has 1 atom stereocenters. The van der Waals surface area contributed by atoms with Gasteiger partial charge in [0.1, 0.15) is 5.60 Å². The van der Waals surface area contributed by atoms with Crippen LogP contribution in [0.5, 0.6) is 0 Å². The lowest BCUT2D eigenvalue weighted by Gasteiger charge is -2.41. The molecular formula is C32H44N2O4. The molecule has 1 saturated heterocycles. The number of piperidine rings is 1. The molecule has 1 fully saturated rings. The van der Waals surface area contributed by atoms with E-state index >= 15 is 0 Å². The molecule has 1 aliphatic heterocycles. The summed E-state index contributed by atoms with van der Waals surface area (Å²) in [6.45, 7) is 17.7. The molecule has 1 aliphatic carbocycles. The van der Waals surface area contributed by atoms with Crippen LogP contribution in [-0.2, 0) is 16.0 Å². The Hall–Kier alpha value is -3.51. The van der Waals surface area contributed by atoms with Gasteiger partial charge in [-0.2, -0.15) is 0 Å². The third-order valence-electron chi connectivity index (χ3n) is 7.11. The third-order valence-corrected chi connectivity index (χ3v) is 7.11. The number of amides is 1. The van der Waals surface area contributed by atoms with Crippen molar-refractivity contribution >= 4 is 11.9 Å². The summed E-state index contributed by atoms with van der Waals surface area (Å²) < 4.78 is 5.54. The average Bonchev–Trinajstić information content (AvgIpc) is 3.07. The number of rotatable bonds is 5. The van der Waals surface area contributed by atoms with Crippen LogP contribution in [0.1, 0.15) is 73.9 Å². The monoisotopic (exact) mass is 520 g/mol. The maximum absolute atomic E-state index is 13.1. The molecule has 38 heavy (non-hydrogen) atoms. The van der Waals surface area contributed by atoms with Crippen LogP contribution < -0.4 is 5.43 Å². The van der Waals surface area contributed by atoms with Gasteiger partial charge in [0.05, 0.1) is 0 Å². The van der Waals surface area contributed by atoms with Crippen LogP contribution in [0.4, 0.5) is 4.79 Å². The van der Waals surface area contributed by atoms with Crippen molar-refractivity contribution < 1.29 is 17.2 Å². The number of Topliss-reactive ketones (excluding diaryl/α,β-unsaturated/α-hetero) is 1. The number of ether oxygens (including phenoxy) is 1. The summed E-state index contributed by atoms with van der Waals surface area (Å²) in [5.41, 5.74) is 4.22. The number of ketones is 1. The van der Waals surface area contributed by atoms with Crippen LogP contribution in [0, 0.1) is 43.7 Å². The molecule has 1 unspecified atom stereocenters. The Kier molecular flexibility index (Phi) is 9.10. The lowest BCUT2D eigenvalue weighted by molar-refractivity contribution is -0.110. The Morgan fingerprint density at radius 3 is 2.45 bits per heavy atom. The molecule has 0 aromatic heterocycles. The SMILES string of the molecule is CCN(C1=C(C)C(C(=O)C#CCc2c(C)cc(C)c#cc2=O)=CC1C)C1CCN(C(=O)OC(C)(C)C)CC1.[HH].[HH]. The smallest absolute Gasteiger partial charge is 0.410 e. The molecule has 0 saturated carbocycles. The van der Waals surface area contributed by atoms with Crippen molar-refractivity contribution in [2.45, 2.75) is 86.3 Å². The Balaban J connectivity index is 0.00000400. The molecule has 6 nitrogen and oxygen atoms in total. The van der Waals surface area contributed by atoms with E-state index in [0.29, 0.717) is 24.2 Å². The first kappa shape index (κ1) is 29.1. The molecule has 0 bridgehead atoms. The maximum Gasteiger partial charge on any atom is 0.410 e. The van der Waals surface area contributed by atoms with Crippen LogP contribution in [0.2, 0.25) is 0 Å². The number of allylic oxidation sites excluding steroid dienone is 3. The first-order chi connectivity index (χ1) is 17.8. The second kappa shape index (κ2) is 11.9. The first-order valence-electron chi connectivity index (χ1n) is 13.5. The highest BCUT2D eigenvalue weighted by Gasteiger charge is 2.34. The van der Waals surface area contributed by atoms with Crippen LogP contribution in [0.25, 0.3) is 0 Å². The van der Waals surface area contributed by atoms with Crippen molar-refractivity contribution in [3.63, 3.8) is 0 Å². The topological polar surface area (TPSA) is 66.9 Å². The van der Waals surface area contributed by atoms with Gasteiger partial charge in [0, 0.05) is 57.7 Å². The number of likely N-dealkylation sites (tertiary alicyclic amines) is 1. The van der Waals surface area contributed by atoms with E-state index in [2.05, 4.69) is 42.7 Å². The number of hydrogen-bond donors (Lipinski definition) is 0. The predicted molar refractivity (Wildman–Crippen MR) is 154 cm³/mol. The predicted octanol–water partition coefficient (Wildman–Crippen LogP) is 5.44. The average molecular weight is 521 g/mol. The van der Waals surface area contributed by atoms with Gasteiger partial charge in [-0.1, -0.05) is 25.0 Å². The first-order valence-corrected chi connectivity index (χ1v) is 13.5. The van der Waals surface area contributed by atoms with Gasteiger partial charge in [-0.15, -0.1) is 0 Å². The highest BCUT2D eigenvalue weighted by atomic mass is 16.6. The number of carbonyl (C=O) groups excluding carboxylic acids is 2. The third kappa shape index (κ3) is 6.87. The molecule has 1 aromatic rings. The molecule has 1 heterocycles. The van der Waals surface area contributed by atoms with Gasteiger partial charge in [0.15, 0.2) is 0 Å². The highest BCUT2D eigenvalue weighted by molar-refractivity contribution is 6.12. The van der Waals surface area contributed by atoms with E-state index in [1.807, 2.05) is 53.7 Å². The van der Waals surface area contributed by atoms with E-state index in [1.165, 1.54) is 0 Å². The molecule has 6 heteroatoms. The van der Waals surface area contributed by atoms with E-state index < -0.39 is 5.60 Å². The minimum absolute atomic E-state index is 0. The van der Waals surface area contributed by atoms with Gasteiger partial charge >= 0.3 is 6.09 Å². The van der Waals surface area contributed by atoms with E-state index in [0.717, 1.165) is 41.8 Å². The van der Waals surface area contributed by atoms with Crippen LogP contribution in [0.15, 0.2) is 33.8 Å². The fourth-order valence-electron chi connectivity index (χ4n) is 5.33. The molecule has 1 aromatic carbocycles. The fraction of sp³-hybridized carbons (Fsp3) is 0.531. The Morgan fingerprint density at radius 2 is 1.84 bits per heavy atom. The Labute approximate surface area is 230 Å². The van der Waals surface area contributed by atoms with Crippen LogP contribution in [0.3, 0.4) is 0 Å². The van der Waals surface area contributed by atoms with Gasteiger partial charge in [-0.05, 0) is 96.1 Å². The largest absolute Gasteiger partial charge is 0.444 e.